The molecule has 0 bridgehead atoms. The molecule has 1 unspecified atom stereocenters. The first-order chi connectivity index (χ1) is 11.6. The number of anilines is 1. The number of pyridine rings is 1. The molecule has 3 N–H and O–H groups in total. The van der Waals surface area contributed by atoms with Crippen molar-refractivity contribution < 1.29 is 4.79 Å². The number of nitrogens with one attached hydrogen (secondary N) is 1. The smallest absolute Gasteiger partial charge is 0.231 e. The number of nitrogens with two attached hydrogens (primary N) is 1. The fraction of sp³-hybridized carbons (Fsp3) is 0.389. The molecule has 124 valence electrons. The third-order valence-electron chi connectivity index (χ3n) is 4.43. The Balaban J connectivity index is 1.92. The summed E-state index contributed by atoms with van der Waals surface area (Å²) in [6.07, 6.45) is 2.72. The molecule has 2 heterocycles. The van der Waals surface area contributed by atoms with Gasteiger partial charge in [0.05, 0.1) is 17.6 Å². The molecule has 0 saturated carbocycles. The first kappa shape index (κ1) is 16.2. The Kier molecular flexibility index (Phi) is 4.63. The minimum atomic E-state index is -0.340. The number of fused-ring (bicyclic) bond motifs is 1. The van der Waals surface area contributed by atoms with E-state index in [0.29, 0.717) is 11.5 Å². The fourth-order valence-corrected chi connectivity index (χ4v) is 3.46. The predicted octanol–water partition coefficient (Wildman–Crippen LogP) is 1.40. The quantitative estimate of drug-likeness (QED) is 0.887. The van der Waals surface area contributed by atoms with Gasteiger partial charge in [0.1, 0.15) is 6.07 Å². The molecule has 0 aliphatic carbocycles. The van der Waals surface area contributed by atoms with Crippen LogP contribution in [0.1, 0.15) is 18.9 Å². The molecular formula is C18H21N5O. The van der Waals surface area contributed by atoms with E-state index in [1.807, 2.05) is 24.3 Å². The van der Waals surface area contributed by atoms with E-state index in [1.165, 1.54) is 0 Å². The van der Waals surface area contributed by atoms with E-state index in [2.05, 4.69) is 28.2 Å². The van der Waals surface area contributed by atoms with Gasteiger partial charge in [0.15, 0.2) is 0 Å². The second kappa shape index (κ2) is 6.85. The average molecular weight is 323 g/mol. The van der Waals surface area contributed by atoms with Crippen LogP contribution in [0.3, 0.4) is 0 Å². The predicted molar refractivity (Wildman–Crippen MR) is 93.4 cm³/mol. The van der Waals surface area contributed by atoms with Gasteiger partial charge < -0.3 is 16.0 Å². The lowest BCUT2D eigenvalue weighted by atomic mass is 9.94. The van der Waals surface area contributed by atoms with Gasteiger partial charge >= 0.3 is 0 Å². The highest BCUT2D eigenvalue weighted by Gasteiger charge is 2.26. The Morgan fingerprint density at radius 3 is 3.04 bits per heavy atom. The van der Waals surface area contributed by atoms with Crippen molar-refractivity contribution in [1.82, 2.24) is 10.3 Å². The number of primary amides is 1. The minimum absolute atomic E-state index is 0.195. The van der Waals surface area contributed by atoms with Crippen LogP contribution in [0.25, 0.3) is 10.9 Å². The lowest BCUT2D eigenvalue weighted by molar-refractivity contribution is -0.117. The molecule has 1 amide bonds. The maximum Gasteiger partial charge on any atom is 0.231 e. The van der Waals surface area contributed by atoms with Gasteiger partial charge in [0, 0.05) is 36.4 Å². The summed E-state index contributed by atoms with van der Waals surface area (Å²) in [6.45, 7) is 4.13. The summed E-state index contributed by atoms with van der Waals surface area (Å²) >= 11 is 0. The van der Waals surface area contributed by atoms with E-state index in [1.54, 1.807) is 6.20 Å². The zero-order valence-electron chi connectivity index (χ0n) is 13.7. The number of carbonyl (C=O) groups is 1. The third kappa shape index (κ3) is 3.31. The number of piperidine rings is 1. The van der Waals surface area contributed by atoms with E-state index < -0.39 is 0 Å². The largest absolute Gasteiger partial charge is 0.369 e. The zero-order chi connectivity index (χ0) is 17.1. The molecule has 2 aromatic rings. The Bertz CT molecular complexity index is 798. The second-order valence-corrected chi connectivity index (χ2v) is 6.43. The van der Waals surface area contributed by atoms with Gasteiger partial charge in [0.25, 0.3) is 0 Å². The van der Waals surface area contributed by atoms with E-state index in [-0.39, 0.29) is 18.5 Å². The number of hydrogen-bond acceptors (Lipinski definition) is 5. The lowest BCUT2D eigenvalue weighted by Gasteiger charge is -2.38. The number of aromatic nitrogens is 1. The monoisotopic (exact) mass is 323 g/mol. The molecule has 2 atom stereocenters. The maximum absolute atomic E-state index is 11.0. The summed E-state index contributed by atoms with van der Waals surface area (Å²) in [6, 6.07) is 10.1. The Labute approximate surface area is 141 Å². The van der Waals surface area contributed by atoms with Crippen LogP contribution < -0.4 is 16.0 Å². The van der Waals surface area contributed by atoms with Crippen molar-refractivity contribution in [3.8, 4) is 6.07 Å². The van der Waals surface area contributed by atoms with Crippen molar-refractivity contribution in [2.24, 2.45) is 11.7 Å². The van der Waals surface area contributed by atoms with Gasteiger partial charge in [-0.3, -0.25) is 9.78 Å². The highest BCUT2D eigenvalue weighted by Crippen LogP contribution is 2.31. The second-order valence-electron chi connectivity index (χ2n) is 6.43. The Morgan fingerprint density at radius 2 is 2.29 bits per heavy atom. The summed E-state index contributed by atoms with van der Waals surface area (Å²) < 4.78 is 0. The van der Waals surface area contributed by atoms with Crippen LogP contribution in [0.4, 0.5) is 5.69 Å². The van der Waals surface area contributed by atoms with Crippen molar-refractivity contribution in [2.75, 3.05) is 24.5 Å². The molecule has 0 radical (unpaired) electrons. The summed E-state index contributed by atoms with van der Waals surface area (Å²) in [5.74, 6) is 0.152. The van der Waals surface area contributed by atoms with Gasteiger partial charge in [-0.05, 0) is 36.6 Å². The molecule has 6 heteroatoms. The summed E-state index contributed by atoms with van der Waals surface area (Å²) in [5, 5.41) is 13.5. The van der Waals surface area contributed by atoms with Gasteiger partial charge in [-0.1, -0.05) is 6.92 Å². The lowest BCUT2D eigenvalue weighted by Crippen LogP contribution is -2.50. The number of benzene rings is 1. The summed E-state index contributed by atoms with van der Waals surface area (Å²) in [5.41, 5.74) is 7.64. The van der Waals surface area contributed by atoms with Crippen LogP contribution in [0.2, 0.25) is 0 Å². The maximum atomic E-state index is 11.0. The van der Waals surface area contributed by atoms with Crippen LogP contribution in [0, 0.1) is 17.2 Å². The van der Waals surface area contributed by atoms with Crippen LogP contribution in [0.15, 0.2) is 30.5 Å². The molecule has 1 aliphatic heterocycles. The van der Waals surface area contributed by atoms with Gasteiger partial charge in [0.2, 0.25) is 5.91 Å². The summed E-state index contributed by atoms with van der Waals surface area (Å²) in [7, 11) is 0. The number of nitrogens with zero attached hydrogens (tertiary/aromatic N) is 3. The van der Waals surface area contributed by atoms with E-state index in [4.69, 9.17) is 5.73 Å². The molecule has 24 heavy (non-hydrogen) atoms. The molecule has 0 spiro atoms. The van der Waals surface area contributed by atoms with Gasteiger partial charge in [-0.25, -0.2) is 0 Å². The number of hydrogen-bond donors (Lipinski definition) is 2. The fourth-order valence-electron chi connectivity index (χ4n) is 3.46. The number of carbonyl (C=O) groups excluding carboxylic acids is 1. The minimum Gasteiger partial charge on any atom is -0.369 e. The van der Waals surface area contributed by atoms with E-state index >= 15 is 0 Å². The Morgan fingerprint density at radius 1 is 1.46 bits per heavy atom. The normalized spacial score (nSPS) is 20.8. The van der Waals surface area contributed by atoms with E-state index in [9.17, 15) is 10.1 Å². The number of amides is 1. The molecule has 1 aliphatic rings. The molecular weight excluding hydrogens is 302 g/mol. The van der Waals surface area contributed by atoms with Crippen LogP contribution in [-0.4, -0.2) is 36.6 Å². The zero-order valence-corrected chi connectivity index (χ0v) is 13.7. The SMILES string of the molecule is C[C@H]1CC(NCC(N)=O)CN(c2ccc(C#N)c3ncccc23)C1. The number of rotatable bonds is 4. The van der Waals surface area contributed by atoms with Crippen LogP contribution >= 0.6 is 0 Å². The highest BCUT2D eigenvalue weighted by atomic mass is 16.1. The molecule has 1 aromatic heterocycles. The van der Waals surface area contributed by atoms with Crippen LogP contribution in [0.5, 0.6) is 0 Å². The summed E-state index contributed by atoms with van der Waals surface area (Å²) in [4.78, 5) is 17.7. The first-order valence-electron chi connectivity index (χ1n) is 8.13. The van der Waals surface area contributed by atoms with E-state index in [0.717, 1.165) is 36.1 Å². The van der Waals surface area contributed by atoms with Crippen LogP contribution in [-0.2, 0) is 4.79 Å². The molecule has 1 saturated heterocycles. The Hall–Kier alpha value is -2.65. The molecule has 1 fully saturated rings. The average Bonchev–Trinajstić information content (AvgIpc) is 2.58. The standard InChI is InChI=1S/C18H21N5O/c1-12-7-14(22-9-17(20)24)11-23(10-12)16-5-4-13(8-19)18-15(16)3-2-6-21-18/h2-6,12,14,22H,7,9-11H2,1H3,(H2,20,24)/t12-,14?/m0/s1. The van der Waals surface area contributed by atoms with Crippen molar-refractivity contribution in [2.45, 2.75) is 19.4 Å². The highest BCUT2D eigenvalue weighted by molar-refractivity contribution is 5.95. The van der Waals surface area contributed by atoms with Crippen molar-refractivity contribution in [3.05, 3.63) is 36.0 Å². The third-order valence-corrected chi connectivity index (χ3v) is 4.43. The van der Waals surface area contributed by atoms with Crippen molar-refractivity contribution in [3.63, 3.8) is 0 Å². The molecule has 1 aromatic carbocycles. The van der Waals surface area contributed by atoms with Crippen molar-refractivity contribution in [1.29, 1.82) is 5.26 Å². The van der Waals surface area contributed by atoms with Gasteiger partial charge in [-0.2, -0.15) is 5.26 Å². The van der Waals surface area contributed by atoms with Crippen molar-refractivity contribution >= 4 is 22.5 Å². The molecule has 6 nitrogen and oxygen atoms in total. The number of nitriles is 1. The first-order valence-corrected chi connectivity index (χ1v) is 8.13. The van der Waals surface area contributed by atoms with Gasteiger partial charge in [-0.15, -0.1) is 0 Å². The molecule has 3 rings (SSSR count). The topological polar surface area (TPSA) is 95.0 Å².